The van der Waals surface area contributed by atoms with Crippen molar-refractivity contribution in [2.24, 2.45) is 0 Å². The molecule has 1 aliphatic rings. The predicted octanol–water partition coefficient (Wildman–Crippen LogP) is 0.358. The molecule has 0 fully saturated rings. The summed E-state index contributed by atoms with van der Waals surface area (Å²) >= 11 is 0. The molecule has 0 atom stereocenters. The number of H-pyrrole nitrogens is 2. The Morgan fingerprint density at radius 1 is 1.10 bits per heavy atom. The van der Waals surface area contributed by atoms with Crippen LogP contribution in [0.15, 0.2) is 16.9 Å². The quantitative estimate of drug-likeness (QED) is 0.497. The van der Waals surface area contributed by atoms with E-state index in [9.17, 15) is 4.79 Å². The first-order valence-corrected chi connectivity index (χ1v) is 3.31. The van der Waals surface area contributed by atoms with Crippen LogP contribution in [-0.2, 0) is 12.8 Å². The van der Waals surface area contributed by atoms with Gasteiger partial charge in [-0.05, 0) is 0 Å². The molecule has 1 aliphatic carbocycles. The number of hydrogen-bond donors (Lipinski definition) is 2. The van der Waals surface area contributed by atoms with Crippen molar-refractivity contribution in [2.45, 2.75) is 12.8 Å². The highest BCUT2D eigenvalue weighted by molar-refractivity contribution is 5.21. The number of imidazole rings is 1. The molecule has 1 heterocycles. The smallest absolute Gasteiger partial charge is 0.309 e. The molecule has 0 saturated heterocycles. The highest BCUT2D eigenvalue weighted by Gasteiger charge is 2.06. The van der Waals surface area contributed by atoms with Gasteiger partial charge in [-0.3, -0.25) is 0 Å². The third kappa shape index (κ3) is 0.708. The zero-order valence-electron chi connectivity index (χ0n) is 5.48. The molecule has 2 rings (SSSR count). The Labute approximate surface area is 57.8 Å². The minimum absolute atomic E-state index is 0.0892. The second kappa shape index (κ2) is 1.87. The van der Waals surface area contributed by atoms with Crippen molar-refractivity contribution in [3.05, 3.63) is 34.0 Å². The number of fused-ring (bicyclic) bond motifs is 1. The minimum Gasteiger partial charge on any atom is -0.309 e. The predicted molar refractivity (Wildman–Crippen MR) is 38.0 cm³/mol. The van der Waals surface area contributed by atoms with Gasteiger partial charge >= 0.3 is 5.69 Å². The first-order chi connectivity index (χ1) is 4.86. The van der Waals surface area contributed by atoms with E-state index in [1.807, 2.05) is 0 Å². The maximum Gasteiger partial charge on any atom is 0.323 e. The number of nitrogens with one attached hydrogen (secondary N) is 2. The van der Waals surface area contributed by atoms with Crippen molar-refractivity contribution >= 4 is 0 Å². The molecule has 0 aromatic carbocycles. The highest BCUT2D eigenvalue weighted by atomic mass is 16.1. The average Bonchev–Trinajstić information content (AvgIpc) is 2.27. The van der Waals surface area contributed by atoms with Gasteiger partial charge in [-0.25, -0.2) is 4.79 Å². The lowest BCUT2D eigenvalue weighted by Crippen LogP contribution is -2.00. The van der Waals surface area contributed by atoms with Crippen LogP contribution >= 0.6 is 0 Å². The molecule has 0 amide bonds. The van der Waals surface area contributed by atoms with Crippen LogP contribution < -0.4 is 5.69 Å². The van der Waals surface area contributed by atoms with Crippen molar-refractivity contribution in [1.82, 2.24) is 9.97 Å². The van der Waals surface area contributed by atoms with Gasteiger partial charge in [0.25, 0.3) is 0 Å². The van der Waals surface area contributed by atoms with E-state index in [0.717, 1.165) is 24.2 Å². The standard InChI is InChI=1S/C7H8N2O/c10-7-8-5-3-1-2-4-6(5)9-7/h1-2H,3-4H2,(H2,8,9,10). The monoisotopic (exact) mass is 136 g/mol. The molecule has 0 unspecified atom stereocenters. The van der Waals surface area contributed by atoms with Crippen molar-refractivity contribution in [1.29, 1.82) is 0 Å². The summed E-state index contributed by atoms with van der Waals surface area (Å²) in [6.07, 6.45) is 5.83. The summed E-state index contributed by atoms with van der Waals surface area (Å²) in [6.45, 7) is 0. The number of hydrogen-bond acceptors (Lipinski definition) is 1. The van der Waals surface area contributed by atoms with Crippen LogP contribution in [0, 0.1) is 0 Å². The first-order valence-electron chi connectivity index (χ1n) is 3.31. The van der Waals surface area contributed by atoms with E-state index in [1.54, 1.807) is 0 Å². The summed E-state index contributed by atoms with van der Waals surface area (Å²) in [5, 5.41) is 0. The molecule has 2 N–H and O–H groups in total. The summed E-state index contributed by atoms with van der Waals surface area (Å²) in [5.74, 6) is 0. The molecule has 52 valence electrons. The van der Waals surface area contributed by atoms with Crippen LogP contribution in [-0.4, -0.2) is 9.97 Å². The molecule has 0 spiro atoms. The van der Waals surface area contributed by atoms with Gasteiger partial charge < -0.3 is 9.97 Å². The Morgan fingerprint density at radius 2 is 1.60 bits per heavy atom. The molecule has 3 nitrogen and oxygen atoms in total. The first kappa shape index (κ1) is 5.53. The zero-order valence-corrected chi connectivity index (χ0v) is 5.48. The summed E-state index contributed by atoms with van der Waals surface area (Å²) in [4.78, 5) is 16.2. The fourth-order valence-electron chi connectivity index (χ4n) is 1.21. The topological polar surface area (TPSA) is 48.6 Å². The van der Waals surface area contributed by atoms with E-state index in [-0.39, 0.29) is 5.69 Å². The fraction of sp³-hybridized carbons (Fsp3) is 0.286. The number of aromatic amines is 2. The van der Waals surface area contributed by atoms with Crippen LogP contribution in [0.3, 0.4) is 0 Å². The van der Waals surface area contributed by atoms with Crippen LogP contribution in [0.4, 0.5) is 0 Å². The Kier molecular flexibility index (Phi) is 1.03. The summed E-state index contributed by atoms with van der Waals surface area (Å²) in [5.41, 5.74) is 1.98. The summed E-state index contributed by atoms with van der Waals surface area (Å²) < 4.78 is 0. The lowest BCUT2D eigenvalue weighted by molar-refractivity contribution is 1.02. The van der Waals surface area contributed by atoms with Gasteiger partial charge in [-0.15, -0.1) is 0 Å². The maximum absolute atomic E-state index is 10.7. The van der Waals surface area contributed by atoms with Crippen LogP contribution in [0.25, 0.3) is 0 Å². The second-order valence-corrected chi connectivity index (χ2v) is 2.42. The lowest BCUT2D eigenvalue weighted by Gasteiger charge is -2.00. The van der Waals surface area contributed by atoms with Crippen molar-refractivity contribution < 1.29 is 0 Å². The van der Waals surface area contributed by atoms with Gasteiger partial charge in [-0.1, -0.05) is 12.2 Å². The largest absolute Gasteiger partial charge is 0.323 e. The zero-order chi connectivity index (χ0) is 6.97. The van der Waals surface area contributed by atoms with Gasteiger partial charge in [0, 0.05) is 24.2 Å². The molecule has 3 heteroatoms. The molecule has 1 aromatic heterocycles. The normalized spacial score (nSPS) is 15.2. The fourth-order valence-corrected chi connectivity index (χ4v) is 1.21. The van der Waals surface area contributed by atoms with Gasteiger partial charge in [0.05, 0.1) is 0 Å². The van der Waals surface area contributed by atoms with Gasteiger partial charge in [0.15, 0.2) is 0 Å². The summed E-state index contributed by atoms with van der Waals surface area (Å²) in [7, 11) is 0. The molecule has 10 heavy (non-hydrogen) atoms. The van der Waals surface area contributed by atoms with E-state index in [2.05, 4.69) is 22.1 Å². The van der Waals surface area contributed by atoms with Crippen LogP contribution in [0.1, 0.15) is 11.4 Å². The SMILES string of the molecule is O=c1[nH]c2c([nH]1)CC=CC2. The highest BCUT2D eigenvalue weighted by Crippen LogP contribution is 2.08. The number of aromatic nitrogens is 2. The van der Waals surface area contributed by atoms with E-state index < -0.39 is 0 Å². The van der Waals surface area contributed by atoms with Crippen LogP contribution in [0.2, 0.25) is 0 Å². The molecule has 0 radical (unpaired) electrons. The van der Waals surface area contributed by atoms with Crippen molar-refractivity contribution in [3.8, 4) is 0 Å². The molecular weight excluding hydrogens is 128 g/mol. The summed E-state index contributed by atoms with van der Waals surface area (Å²) in [6, 6.07) is 0. The van der Waals surface area contributed by atoms with Crippen LogP contribution in [0.5, 0.6) is 0 Å². The third-order valence-corrected chi connectivity index (χ3v) is 1.70. The number of rotatable bonds is 0. The molecule has 1 aromatic rings. The lowest BCUT2D eigenvalue weighted by atomic mass is 10.1. The van der Waals surface area contributed by atoms with E-state index >= 15 is 0 Å². The van der Waals surface area contributed by atoms with Gasteiger partial charge in [0.2, 0.25) is 0 Å². The molecule has 0 bridgehead atoms. The second-order valence-electron chi connectivity index (χ2n) is 2.42. The average molecular weight is 136 g/mol. The molecule has 0 aliphatic heterocycles. The third-order valence-electron chi connectivity index (χ3n) is 1.70. The van der Waals surface area contributed by atoms with Crippen molar-refractivity contribution in [2.75, 3.05) is 0 Å². The van der Waals surface area contributed by atoms with E-state index in [0.29, 0.717) is 0 Å². The van der Waals surface area contributed by atoms with E-state index in [1.165, 1.54) is 0 Å². The number of allylic oxidation sites excluding steroid dienone is 2. The Balaban J connectivity index is 2.56. The maximum atomic E-state index is 10.7. The van der Waals surface area contributed by atoms with Crippen molar-refractivity contribution in [3.63, 3.8) is 0 Å². The molecular formula is C7H8N2O. The van der Waals surface area contributed by atoms with Gasteiger partial charge in [0.1, 0.15) is 0 Å². The minimum atomic E-state index is -0.0892. The Bertz CT molecular complexity index is 290. The van der Waals surface area contributed by atoms with Gasteiger partial charge in [-0.2, -0.15) is 0 Å². The van der Waals surface area contributed by atoms with E-state index in [4.69, 9.17) is 0 Å². The molecule has 0 saturated carbocycles. The Morgan fingerprint density at radius 3 is 2.10 bits per heavy atom. The Hall–Kier alpha value is -1.25.